The fourth-order valence-corrected chi connectivity index (χ4v) is 8.74. The lowest BCUT2D eigenvalue weighted by Gasteiger charge is -2.38. The Balaban J connectivity index is 2.57. The van der Waals surface area contributed by atoms with Crippen LogP contribution in [0.4, 0.5) is 0 Å². The van der Waals surface area contributed by atoms with Crippen LogP contribution in [0, 0.1) is 0 Å². The highest BCUT2D eigenvalue weighted by atomic mass is 16.5. The number of esters is 1. The van der Waals surface area contributed by atoms with Gasteiger partial charge in [0, 0.05) is 51.9 Å². The van der Waals surface area contributed by atoms with Crippen LogP contribution in [0.3, 0.4) is 0 Å². The van der Waals surface area contributed by atoms with Crippen LogP contribution < -0.4 is 0 Å². The minimum Gasteiger partial charge on any atom is -0.466 e. The summed E-state index contributed by atoms with van der Waals surface area (Å²) in [4.78, 5) is 17.6. The molecule has 1 rings (SSSR count). The summed E-state index contributed by atoms with van der Waals surface area (Å²) in [6, 6.07) is 0.623. The van der Waals surface area contributed by atoms with Gasteiger partial charge in [-0.2, -0.15) is 0 Å². The van der Waals surface area contributed by atoms with Crippen molar-refractivity contribution in [3.05, 3.63) is 0 Å². The van der Waals surface area contributed by atoms with Gasteiger partial charge in [-0.25, -0.2) is 0 Å². The van der Waals surface area contributed by atoms with Crippen LogP contribution in [-0.4, -0.2) is 98.8 Å². The molecule has 1 unspecified atom stereocenters. The van der Waals surface area contributed by atoms with E-state index in [1.54, 1.807) is 0 Å². The molecule has 0 aliphatic heterocycles. The quantitative estimate of drug-likeness (QED) is 0.0483. The molecule has 1 atom stereocenters. The minimum atomic E-state index is -0.0271. The Bertz CT molecular complexity index is 857. The highest BCUT2D eigenvalue weighted by Crippen LogP contribution is 2.24. The maximum Gasteiger partial charge on any atom is 0.305 e. The Labute approximate surface area is 375 Å². The molecule has 1 aliphatic rings. The molecule has 60 heavy (non-hydrogen) atoms. The van der Waals surface area contributed by atoms with Crippen LogP contribution in [0.15, 0.2) is 0 Å². The van der Waals surface area contributed by atoms with Gasteiger partial charge >= 0.3 is 5.97 Å². The Morgan fingerprint density at radius 2 is 0.967 bits per heavy atom. The fraction of sp³-hybridized carbons (Fsp3) is 0.981. The standard InChI is InChI=1S/C53H106N2O5/c1-4-7-10-13-16-19-21-22-24-27-29-35-47-59-52(50-58-46-34-28-25-23-20-17-14-11-8-5-2)49-54(42-43-55(44-45-56)51-38-37-39-51)41-33-31-32-40-53(57)60-48-36-30-26-18-15-12-9-6-3/h51-52,56H,4-50H2,1-3H3. The molecule has 7 nitrogen and oxygen atoms in total. The summed E-state index contributed by atoms with van der Waals surface area (Å²) in [5.41, 5.74) is 0. The maximum absolute atomic E-state index is 12.5. The third kappa shape index (κ3) is 37.8. The van der Waals surface area contributed by atoms with Crippen molar-refractivity contribution in [1.29, 1.82) is 0 Å². The first-order chi connectivity index (χ1) is 29.6. The lowest BCUT2D eigenvalue weighted by molar-refractivity contribution is -0.143. The van der Waals surface area contributed by atoms with Gasteiger partial charge in [-0.3, -0.25) is 14.6 Å². The monoisotopic (exact) mass is 851 g/mol. The van der Waals surface area contributed by atoms with Crippen LogP contribution in [0.5, 0.6) is 0 Å². The number of ether oxygens (including phenoxy) is 3. The van der Waals surface area contributed by atoms with E-state index >= 15 is 0 Å². The van der Waals surface area contributed by atoms with Crippen molar-refractivity contribution in [3.63, 3.8) is 0 Å². The second kappa shape index (κ2) is 46.3. The number of aliphatic hydroxyl groups is 1. The molecule has 1 fully saturated rings. The smallest absolute Gasteiger partial charge is 0.305 e. The van der Waals surface area contributed by atoms with Crippen molar-refractivity contribution in [3.8, 4) is 0 Å². The maximum atomic E-state index is 12.5. The highest BCUT2D eigenvalue weighted by Gasteiger charge is 2.25. The molecule has 0 bridgehead atoms. The fourth-order valence-electron chi connectivity index (χ4n) is 8.74. The van der Waals surface area contributed by atoms with Gasteiger partial charge < -0.3 is 19.3 Å². The zero-order chi connectivity index (χ0) is 43.2. The van der Waals surface area contributed by atoms with E-state index in [-0.39, 0.29) is 18.7 Å². The summed E-state index contributed by atoms with van der Waals surface area (Å²) >= 11 is 0. The Morgan fingerprint density at radius 1 is 0.517 bits per heavy atom. The first kappa shape index (κ1) is 57.3. The van der Waals surface area contributed by atoms with E-state index in [9.17, 15) is 9.90 Å². The van der Waals surface area contributed by atoms with Gasteiger partial charge in [-0.15, -0.1) is 0 Å². The van der Waals surface area contributed by atoms with Gasteiger partial charge in [0.1, 0.15) is 0 Å². The minimum absolute atomic E-state index is 0.0271. The average molecular weight is 851 g/mol. The molecule has 7 heteroatoms. The molecular formula is C53H106N2O5. The molecule has 1 saturated carbocycles. The van der Waals surface area contributed by atoms with E-state index in [0.29, 0.717) is 25.7 Å². The third-order valence-corrected chi connectivity index (χ3v) is 13.1. The number of unbranched alkanes of at least 4 members (excludes halogenated alkanes) is 29. The summed E-state index contributed by atoms with van der Waals surface area (Å²) < 4.78 is 18.6. The van der Waals surface area contributed by atoms with Crippen molar-refractivity contribution >= 4 is 5.97 Å². The van der Waals surface area contributed by atoms with E-state index in [1.165, 1.54) is 193 Å². The van der Waals surface area contributed by atoms with Crippen LogP contribution in [0.1, 0.15) is 258 Å². The number of carbonyl (C=O) groups excluding carboxylic acids is 1. The molecule has 0 spiro atoms. The van der Waals surface area contributed by atoms with E-state index < -0.39 is 0 Å². The van der Waals surface area contributed by atoms with Gasteiger partial charge in [0.15, 0.2) is 0 Å². The summed E-state index contributed by atoms with van der Waals surface area (Å²) in [6.45, 7) is 14.6. The van der Waals surface area contributed by atoms with E-state index in [1.807, 2.05) is 0 Å². The van der Waals surface area contributed by atoms with Crippen LogP contribution in [0.2, 0.25) is 0 Å². The van der Waals surface area contributed by atoms with Gasteiger partial charge in [0.05, 0.1) is 25.9 Å². The number of carbonyl (C=O) groups is 1. The summed E-state index contributed by atoms with van der Waals surface area (Å²) in [7, 11) is 0. The molecule has 0 aromatic rings. The molecule has 1 N–H and O–H groups in total. The SMILES string of the molecule is CCCCCCCCCCCCCCOC(COCCCCCCCCCCCC)CN(CCCCCC(=O)OCCCCCCCCCC)CCN(CCO)C1CCC1. The zero-order valence-corrected chi connectivity index (χ0v) is 40.9. The molecule has 0 saturated heterocycles. The molecule has 0 radical (unpaired) electrons. The van der Waals surface area contributed by atoms with Crippen LogP contribution >= 0.6 is 0 Å². The third-order valence-electron chi connectivity index (χ3n) is 13.1. The predicted octanol–water partition coefficient (Wildman–Crippen LogP) is 14.4. The first-order valence-electron chi connectivity index (χ1n) is 27.1. The summed E-state index contributed by atoms with van der Waals surface area (Å²) in [5, 5.41) is 9.85. The largest absolute Gasteiger partial charge is 0.466 e. The average Bonchev–Trinajstić information content (AvgIpc) is 3.23. The van der Waals surface area contributed by atoms with Crippen LogP contribution in [0.25, 0.3) is 0 Å². The van der Waals surface area contributed by atoms with Crippen molar-refractivity contribution < 1.29 is 24.1 Å². The topological polar surface area (TPSA) is 71.5 Å². The predicted molar refractivity (Wildman–Crippen MR) is 258 cm³/mol. The lowest BCUT2D eigenvalue weighted by Crippen LogP contribution is -2.47. The van der Waals surface area contributed by atoms with E-state index in [0.717, 1.165) is 84.5 Å². The molecule has 0 aromatic heterocycles. The first-order valence-corrected chi connectivity index (χ1v) is 27.1. The molecule has 0 amide bonds. The lowest BCUT2D eigenvalue weighted by atomic mass is 9.91. The van der Waals surface area contributed by atoms with Crippen molar-refractivity contribution in [2.75, 3.05) is 65.8 Å². The molecular weight excluding hydrogens is 745 g/mol. The number of nitrogens with zero attached hydrogens (tertiary/aromatic N) is 2. The van der Waals surface area contributed by atoms with Gasteiger partial charge in [0.25, 0.3) is 0 Å². The zero-order valence-electron chi connectivity index (χ0n) is 40.9. The molecule has 0 heterocycles. The molecule has 1 aliphatic carbocycles. The van der Waals surface area contributed by atoms with Crippen molar-refractivity contribution in [1.82, 2.24) is 9.80 Å². The van der Waals surface area contributed by atoms with Crippen LogP contribution in [-0.2, 0) is 19.0 Å². The second-order valence-corrected chi connectivity index (χ2v) is 18.8. The number of hydrogen-bond donors (Lipinski definition) is 1. The van der Waals surface area contributed by atoms with Crippen molar-refractivity contribution in [2.24, 2.45) is 0 Å². The Kier molecular flexibility index (Phi) is 44.2. The van der Waals surface area contributed by atoms with E-state index in [2.05, 4.69) is 30.6 Å². The van der Waals surface area contributed by atoms with Gasteiger partial charge in [-0.05, 0) is 51.5 Å². The number of hydrogen-bond acceptors (Lipinski definition) is 7. The number of aliphatic hydroxyl groups excluding tert-OH is 1. The Morgan fingerprint density at radius 3 is 1.43 bits per heavy atom. The second-order valence-electron chi connectivity index (χ2n) is 18.8. The normalized spacial score (nSPS) is 13.8. The summed E-state index contributed by atoms with van der Waals surface area (Å²) in [5.74, 6) is -0.0271. The molecule has 358 valence electrons. The summed E-state index contributed by atoms with van der Waals surface area (Å²) in [6.07, 6.45) is 47.1. The van der Waals surface area contributed by atoms with Crippen molar-refractivity contribution in [2.45, 2.75) is 270 Å². The van der Waals surface area contributed by atoms with Gasteiger partial charge in [0.2, 0.25) is 0 Å². The number of rotatable bonds is 50. The molecule has 0 aromatic carbocycles. The van der Waals surface area contributed by atoms with Gasteiger partial charge in [-0.1, -0.05) is 207 Å². The highest BCUT2D eigenvalue weighted by molar-refractivity contribution is 5.69. The Hall–Kier alpha value is -0.730. The van der Waals surface area contributed by atoms with E-state index in [4.69, 9.17) is 14.2 Å².